The number of phenols is 1. The van der Waals surface area contributed by atoms with Crippen LogP contribution in [-0.4, -0.2) is 12.2 Å². The molecule has 0 aliphatic carbocycles. The fraction of sp³-hybridized carbons (Fsp3) is 0.188. The molecule has 0 aliphatic rings. The summed E-state index contributed by atoms with van der Waals surface area (Å²) < 4.78 is 10.6. The van der Waals surface area contributed by atoms with Gasteiger partial charge in [-0.25, -0.2) is 4.79 Å². The van der Waals surface area contributed by atoms with E-state index >= 15 is 0 Å². The van der Waals surface area contributed by atoms with Crippen LogP contribution in [-0.2, 0) is 0 Å². The molecule has 0 bridgehead atoms. The summed E-state index contributed by atoms with van der Waals surface area (Å²) in [7, 11) is 1.57. The number of phenolic OH excluding ortho intramolecular Hbond substituents is 1. The molecule has 4 nitrogen and oxygen atoms in total. The minimum absolute atomic E-state index is 0.116. The molecule has 0 saturated heterocycles. The highest BCUT2D eigenvalue weighted by Gasteiger charge is 2.13. The van der Waals surface area contributed by atoms with Crippen molar-refractivity contribution in [1.29, 1.82) is 0 Å². The van der Waals surface area contributed by atoms with Gasteiger partial charge < -0.3 is 14.3 Å². The summed E-state index contributed by atoms with van der Waals surface area (Å²) in [6.07, 6.45) is 0. The minimum Gasteiger partial charge on any atom is -0.508 e. The van der Waals surface area contributed by atoms with Crippen LogP contribution in [0.5, 0.6) is 11.5 Å². The largest absolute Gasteiger partial charge is 0.508 e. The van der Waals surface area contributed by atoms with Gasteiger partial charge in [-0.1, -0.05) is 0 Å². The monoisotopic (exact) mass is 270 g/mol. The Morgan fingerprint density at radius 3 is 2.55 bits per heavy atom. The van der Waals surface area contributed by atoms with E-state index in [1.165, 1.54) is 0 Å². The number of fused-ring (bicyclic) bond motifs is 3. The smallest absolute Gasteiger partial charge is 0.344 e. The Bertz CT molecular complexity index is 890. The quantitative estimate of drug-likeness (QED) is 0.544. The van der Waals surface area contributed by atoms with Crippen LogP contribution in [0.4, 0.5) is 0 Å². The van der Waals surface area contributed by atoms with Gasteiger partial charge in [0.05, 0.1) is 12.5 Å². The molecule has 0 spiro atoms. The molecule has 0 amide bonds. The number of aromatic hydroxyl groups is 1. The van der Waals surface area contributed by atoms with Crippen LogP contribution < -0.4 is 10.4 Å². The third-order valence-electron chi connectivity index (χ3n) is 3.62. The Labute approximate surface area is 115 Å². The second-order valence-electron chi connectivity index (χ2n) is 4.84. The lowest BCUT2D eigenvalue weighted by atomic mass is 10.0. The normalized spacial score (nSPS) is 11.2. The topological polar surface area (TPSA) is 59.7 Å². The highest BCUT2D eigenvalue weighted by molar-refractivity contribution is 6.06. The molecule has 1 heterocycles. The van der Waals surface area contributed by atoms with Crippen LogP contribution in [0.1, 0.15) is 11.1 Å². The van der Waals surface area contributed by atoms with Crippen molar-refractivity contribution in [2.45, 2.75) is 13.8 Å². The molecular weight excluding hydrogens is 256 g/mol. The number of hydrogen-bond donors (Lipinski definition) is 1. The summed E-state index contributed by atoms with van der Waals surface area (Å²) >= 11 is 0. The Morgan fingerprint density at radius 2 is 1.85 bits per heavy atom. The lowest BCUT2D eigenvalue weighted by Crippen LogP contribution is -2.02. The molecule has 0 radical (unpaired) electrons. The van der Waals surface area contributed by atoms with E-state index < -0.39 is 5.63 Å². The molecule has 2 aromatic carbocycles. The van der Waals surface area contributed by atoms with E-state index in [1.54, 1.807) is 32.2 Å². The first-order valence-corrected chi connectivity index (χ1v) is 6.26. The first-order valence-electron chi connectivity index (χ1n) is 6.26. The molecule has 3 rings (SSSR count). The van der Waals surface area contributed by atoms with Crippen LogP contribution >= 0.6 is 0 Å². The Kier molecular flexibility index (Phi) is 2.67. The fourth-order valence-corrected chi connectivity index (χ4v) is 2.47. The number of hydrogen-bond acceptors (Lipinski definition) is 4. The van der Waals surface area contributed by atoms with Crippen LogP contribution in [0.25, 0.3) is 21.7 Å². The summed E-state index contributed by atoms with van der Waals surface area (Å²) in [4.78, 5) is 12.1. The predicted octanol–water partition coefficient (Wildman–Crippen LogP) is 3.28. The highest BCUT2D eigenvalue weighted by Crippen LogP contribution is 2.32. The minimum atomic E-state index is -0.431. The van der Waals surface area contributed by atoms with Crippen molar-refractivity contribution in [1.82, 2.24) is 0 Å². The molecule has 0 aliphatic heterocycles. The number of benzene rings is 2. The molecule has 0 fully saturated rings. The maximum absolute atomic E-state index is 12.1. The molecule has 0 saturated carbocycles. The number of aryl methyl sites for hydroxylation is 2. The maximum atomic E-state index is 12.1. The van der Waals surface area contributed by atoms with Gasteiger partial charge in [0.1, 0.15) is 17.1 Å². The zero-order chi connectivity index (χ0) is 14.4. The molecule has 102 valence electrons. The predicted molar refractivity (Wildman–Crippen MR) is 77.7 cm³/mol. The second kappa shape index (κ2) is 4.27. The Hall–Kier alpha value is -2.49. The first kappa shape index (κ1) is 12.5. The summed E-state index contributed by atoms with van der Waals surface area (Å²) in [5, 5.41) is 11.8. The van der Waals surface area contributed by atoms with Crippen LogP contribution in [0.15, 0.2) is 33.5 Å². The van der Waals surface area contributed by atoms with Gasteiger partial charge in [0.25, 0.3) is 0 Å². The average Bonchev–Trinajstić information content (AvgIpc) is 2.43. The van der Waals surface area contributed by atoms with Crippen molar-refractivity contribution in [2.24, 2.45) is 0 Å². The van der Waals surface area contributed by atoms with Gasteiger partial charge in [0.15, 0.2) is 0 Å². The van der Waals surface area contributed by atoms with E-state index in [0.717, 1.165) is 16.3 Å². The third kappa shape index (κ3) is 1.65. The first-order chi connectivity index (χ1) is 9.52. The van der Waals surface area contributed by atoms with Crippen molar-refractivity contribution in [3.8, 4) is 11.5 Å². The van der Waals surface area contributed by atoms with E-state index in [1.807, 2.05) is 13.0 Å². The molecule has 0 unspecified atom stereocenters. The fourth-order valence-electron chi connectivity index (χ4n) is 2.47. The molecule has 1 aromatic heterocycles. The van der Waals surface area contributed by atoms with E-state index in [2.05, 4.69) is 0 Å². The van der Waals surface area contributed by atoms with Gasteiger partial charge in [0, 0.05) is 16.3 Å². The SMILES string of the molecule is COc1cc2c(=O)oc3c(C)c(O)ccc3c2cc1C. The van der Waals surface area contributed by atoms with E-state index in [-0.39, 0.29) is 5.75 Å². The lowest BCUT2D eigenvalue weighted by molar-refractivity contribution is 0.412. The summed E-state index contributed by atoms with van der Waals surface area (Å²) in [6, 6.07) is 6.97. The Morgan fingerprint density at radius 1 is 1.10 bits per heavy atom. The zero-order valence-electron chi connectivity index (χ0n) is 11.5. The van der Waals surface area contributed by atoms with Gasteiger partial charge in [-0.2, -0.15) is 0 Å². The number of methoxy groups -OCH3 is 1. The summed E-state index contributed by atoms with van der Waals surface area (Å²) in [5.74, 6) is 0.768. The second-order valence-corrected chi connectivity index (χ2v) is 4.84. The van der Waals surface area contributed by atoms with Crippen molar-refractivity contribution in [2.75, 3.05) is 7.11 Å². The van der Waals surface area contributed by atoms with E-state index in [9.17, 15) is 9.90 Å². The maximum Gasteiger partial charge on any atom is 0.344 e. The number of ether oxygens (including phenoxy) is 1. The summed E-state index contributed by atoms with van der Waals surface area (Å²) in [5.41, 5.74) is 1.50. The van der Waals surface area contributed by atoms with Crippen LogP contribution in [0.2, 0.25) is 0 Å². The van der Waals surface area contributed by atoms with Gasteiger partial charge in [-0.05, 0) is 43.7 Å². The van der Waals surface area contributed by atoms with Crippen molar-refractivity contribution < 1.29 is 14.3 Å². The van der Waals surface area contributed by atoms with Crippen molar-refractivity contribution >= 4 is 21.7 Å². The highest BCUT2D eigenvalue weighted by atomic mass is 16.5. The van der Waals surface area contributed by atoms with E-state index in [0.29, 0.717) is 22.3 Å². The molecule has 0 atom stereocenters. The van der Waals surface area contributed by atoms with E-state index in [4.69, 9.17) is 9.15 Å². The van der Waals surface area contributed by atoms with Crippen molar-refractivity contribution in [3.05, 3.63) is 45.8 Å². The molecule has 3 aromatic rings. The van der Waals surface area contributed by atoms with Gasteiger partial charge in [-0.3, -0.25) is 0 Å². The third-order valence-corrected chi connectivity index (χ3v) is 3.62. The number of rotatable bonds is 1. The molecule has 4 heteroatoms. The average molecular weight is 270 g/mol. The van der Waals surface area contributed by atoms with Crippen LogP contribution in [0.3, 0.4) is 0 Å². The van der Waals surface area contributed by atoms with Gasteiger partial charge >= 0.3 is 5.63 Å². The molecule has 20 heavy (non-hydrogen) atoms. The van der Waals surface area contributed by atoms with Gasteiger partial charge in [-0.15, -0.1) is 0 Å². The summed E-state index contributed by atoms with van der Waals surface area (Å²) in [6.45, 7) is 3.65. The van der Waals surface area contributed by atoms with Gasteiger partial charge in [0.2, 0.25) is 0 Å². The zero-order valence-corrected chi connectivity index (χ0v) is 11.5. The lowest BCUT2D eigenvalue weighted by Gasteiger charge is -2.09. The standard InChI is InChI=1S/C16H14O4/c1-8-6-11-10-4-5-13(17)9(2)15(10)20-16(18)12(11)7-14(8)19-3/h4-7,17H,1-3H3. The van der Waals surface area contributed by atoms with Crippen LogP contribution in [0, 0.1) is 13.8 Å². The Balaban J connectivity index is 2.57. The van der Waals surface area contributed by atoms with Crippen molar-refractivity contribution in [3.63, 3.8) is 0 Å². The molecule has 1 N–H and O–H groups in total. The molecular formula is C16H14O4.